The third kappa shape index (κ3) is 3.24. The predicted molar refractivity (Wildman–Crippen MR) is 132 cm³/mol. The summed E-state index contributed by atoms with van der Waals surface area (Å²) in [4.78, 5) is 33.3. The van der Waals surface area contributed by atoms with Crippen molar-refractivity contribution < 1.29 is 14.0 Å². The first-order chi connectivity index (χ1) is 17.5. The van der Waals surface area contributed by atoms with E-state index in [2.05, 4.69) is 15.4 Å². The van der Waals surface area contributed by atoms with Crippen molar-refractivity contribution in [3.63, 3.8) is 0 Å². The highest BCUT2D eigenvalue weighted by Crippen LogP contribution is 2.60. The van der Waals surface area contributed by atoms with E-state index in [0.717, 1.165) is 36.6 Å². The van der Waals surface area contributed by atoms with Gasteiger partial charge in [0, 0.05) is 11.3 Å². The molecular formula is C28H24FN5O2. The Bertz CT molecular complexity index is 1490. The van der Waals surface area contributed by atoms with Crippen LogP contribution in [0.15, 0.2) is 73.1 Å². The van der Waals surface area contributed by atoms with Gasteiger partial charge in [0.25, 0.3) is 0 Å². The van der Waals surface area contributed by atoms with E-state index in [9.17, 15) is 14.0 Å². The monoisotopic (exact) mass is 481 g/mol. The number of carbonyl (C=O) groups is 2. The van der Waals surface area contributed by atoms with Crippen molar-refractivity contribution in [3.05, 3.63) is 84.4 Å². The third-order valence-corrected chi connectivity index (χ3v) is 7.75. The molecule has 2 atom stereocenters. The van der Waals surface area contributed by atoms with Gasteiger partial charge in [-0.2, -0.15) is 5.10 Å². The summed E-state index contributed by atoms with van der Waals surface area (Å²) in [6.45, 7) is 0. The number of pyridine rings is 1. The molecule has 1 aliphatic heterocycles. The summed E-state index contributed by atoms with van der Waals surface area (Å²) in [5, 5.41) is 8.49. The highest BCUT2D eigenvalue weighted by Gasteiger charge is 2.67. The number of fused-ring (bicyclic) bond motifs is 1. The fourth-order valence-corrected chi connectivity index (χ4v) is 5.53. The number of nitrogens with zero attached hydrogens (tertiary/aromatic N) is 4. The van der Waals surface area contributed by atoms with Gasteiger partial charge in [-0.1, -0.05) is 30.3 Å². The number of rotatable bonds is 5. The molecule has 3 fully saturated rings. The van der Waals surface area contributed by atoms with Crippen LogP contribution in [0.4, 0.5) is 10.1 Å². The largest absolute Gasteiger partial charge is 0.350 e. The fraction of sp³-hybridized carbons (Fsp3) is 0.286. The smallest absolute Gasteiger partial charge is 0.236 e. The molecule has 1 unspecified atom stereocenters. The topological polar surface area (TPSA) is 80.1 Å². The van der Waals surface area contributed by atoms with Gasteiger partial charge in [0.05, 0.1) is 41.3 Å². The predicted octanol–water partition coefficient (Wildman–Crippen LogP) is 4.32. The Labute approximate surface area is 206 Å². The average Bonchev–Trinajstić information content (AvgIpc) is 3.82. The van der Waals surface area contributed by atoms with Gasteiger partial charge >= 0.3 is 0 Å². The zero-order chi connectivity index (χ0) is 24.4. The van der Waals surface area contributed by atoms with Crippen LogP contribution in [-0.2, 0) is 9.59 Å². The number of anilines is 1. The molecule has 0 bridgehead atoms. The molecule has 2 aromatic carbocycles. The number of hydrogen-bond donors (Lipinski definition) is 1. The zero-order valence-electron chi connectivity index (χ0n) is 19.5. The molecule has 180 valence electrons. The van der Waals surface area contributed by atoms with E-state index in [1.165, 1.54) is 12.1 Å². The molecule has 3 heterocycles. The van der Waals surface area contributed by atoms with Crippen LogP contribution in [0.25, 0.3) is 16.7 Å². The first-order valence-corrected chi connectivity index (χ1v) is 12.3. The second kappa shape index (κ2) is 7.71. The summed E-state index contributed by atoms with van der Waals surface area (Å²) >= 11 is 0. The van der Waals surface area contributed by atoms with Gasteiger partial charge in [-0.05, 0) is 61.6 Å². The molecule has 36 heavy (non-hydrogen) atoms. The second-order valence-electron chi connectivity index (χ2n) is 10.1. The highest BCUT2D eigenvalue weighted by molar-refractivity contribution is 6.05. The van der Waals surface area contributed by atoms with Gasteiger partial charge in [0.1, 0.15) is 5.82 Å². The molecule has 1 spiro atoms. The Morgan fingerprint density at radius 3 is 2.44 bits per heavy atom. The Morgan fingerprint density at radius 1 is 1.00 bits per heavy atom. The minimum atomic E-state index is -0.571. The SMILES string of the molecule is O=C(N[C@@H]1C(c2ccccc2)N(c2cnc3c(cnn3-c3ccc(F)cc3)c2)C(=O)C12CC2)C1CC1. The van der Waals surface area contributed by atoms with Crippen LogP contribution >= 0.6 is 0 Å². The minimum absolute atomic E-state index is 0.0320. The summed E-state index contributed by atoms with van der Waals surface area (Å²) < 4.78 is 15.1. The average molecular weight is 482 g/mol. The van der Waals surface area contributed by atoms with Gasteiger partial charge in [-0.15, -0.1) is 0 Å². The lowest BCUT2D eigenvalue weighted by atomic mass is 9.91. The van der Waals surface area contributed by atoms with Crippen molar-refractivity contribution in [1.29, 1.82) is 0 Å². The molecule has 7 nitrogen and oxygen atoms in total. The normalized spacial score (nSPS) is 22.4. The van der Waals surface area contributed by atoms with Crippen LogP contribution in [0.3, 0.4) is 0 Å². The van der Waals surface area contributed by atoms with E-state index in [1.54, 1.807) is 29.2 Å². The molecule has 2 saturated carbocycles. The number of amides is 2. The molecule has 8 heteroatoms. The van der Waals surface area contributed by atoms with Crippen LogP contribution in [0.1, 0.15) is 37.3 Å². The number of nitrogens with one attached hydrogen (secondary N) is 1. The lowest BCUT2D eigenvalue weighted by Gasteiger charge is -2.29. The third-order valence-electron chi connectivity index (χ3n) is 7.75. The standard InChI is InChI=1S/C28H24FN5O2/c29-20-8-10-21(11-9-20)34-25-19(15-31-34)14-22(16-30-25)33-23(17-4-2-1-3-5-17)24(28(12-13-28)27(33)36)32-26(35)18-6-7-18/h1-5,8-11,14-16,18,23-24H,6-7,12-13H2,(H,32,35)/t23?,24-/m1/s1. The molecule has 2 aliphatic carbocycles. The van der Waals surface area contributed by atoms with Crippen molar-refractivity contribution in [2.24, 2.45) is 11.3 Å². The van der Waals surface area contributed by atoms with Gasteiger partial charge in [-0.25, -0.2) is 14.1 Å². The van der Waals surface area contributed by atoms with Crippen LogP contribution in [0.2, 0.25) is 0 Å². The summed E-state index contributed by atoms with van der Waals surface area (Å²) in [7, 11) is 0. The summed E-state index contributed by atoms with van der Waals surface area (Å²) in [6.07, 6.45) is 6.75. The van der Waals surface area contributed by atoms with Gasteiger partial charge in [0.2, 0.25) is 11.8 Å². The molecule has 3 aliphatic rings. The van der Waals surface area contributed by atoms with E-state index in [1.807, 2.05) is 41.3 Å². The first kappa shape index (κ1) is 21.2. The molecule has 4 aromatic rings. The van der Waals surface area contributed by atoms with E-state index in [-0.39, 0.29) is 35.6 Å². The lowest BCUT2D eigenvalue weighted by Crippen LogP contribution is -2.44. The fourth-order valence-electron chi connectivity index (χ4n) is 5.53. The number of aromatic nitrogens is 3. The van der Waals surface area contributed by atoms with Crippen molar-refractivity contribution >= 4 is 28.5 Å². The van der Waals surface area contributed by atoms with Crippen LogP contribution < -0.4 is 10.2 Å². The highest BCUT2D eigenvalue weighted by atomic mass is 19.1. The van der Waals surface area contributed by atoms with Crippen LogP contribution in [-0.4, -0.2) is 32.6 Å². The van der Waals surface area contributed by atoms with E-state index >= 15 is 0 Å². The number of benzene rings is 2. The zero-order valence-corrected chi connectivity index (χ0v) is 19.5. The van der Waals surface area contributed by atoms with Crippen LogP contribution in [0.5, 0.6) is 0 Å². The van der Waals surface area contributed by atoms with Gasteiger partial charge in [0.15, 0.2) is 5.65 Å². The molecule has 2 aromatic heterocycles. The molecule has 0 radical (unpaired) electrons. The van der Waals surface area contributed by atoms with Gasteiger partial charge < -0.3 is 10.2 Å². The molecule has 2 amide bonds. The maximum atomic E-state index is 13.9. The van der Waals surface area contributed by atoms with Crippen molar-refractivity contribution in [1.82, 2.24) is 20.1 Å². The second-order valence-corrected chi connectivity index (χ2v) is 10.1. The number of halogens is 1. The van der Waals surface area contributed by atoms with Crippen molar-refractivity contribution in [3.8, 4) is 5.69 Å². The lowest BCUT2D eigenvalue weighted by molar-refractivity contribution is -0.124. The molecule has 7 rings (SSSR count). The summed E-state index contributed by atoms with van der Waals surface area (Å²) in [5.74, 6) is -0.167. The number of carbonyl (C=O) groups excluding carboxylic acids is 2. The van der Waals surface area contributed by atoms with Crippen molar-refractivity contribution in [2.75, 3.05) is 4.90 Å². The molecule has 1 N–H and O–H groups in total. The first-order valence-electron chi connectivity index (χ1n) is 12.3. The van der Waals surface area contributed by atoms with E-state index in [0.29, 0.717) is 17.0 Å². The quantitative estimate of drug-likeness (QED) is 0.460. The Morgan fingerprint density at radius 2 is 1.75 bits per heavy atom. The molecular weight excluding hydrogens is 457 g/mol. The Hall–Kier alpha value is -4.07. The minimum Gasteiger partial charge on any atom is -0.350 e. The van der Waals surface area contributed by atoms with E-state index in [4.69, 9.17) is 0 Å². The van der Waals surface area contributed by atoms with Gasteiger partial charge in [-0.3, -0.25) is 9.59 Å². The molecule has 1 saturated heterocycles. The van der Waals surface area contributed by atoms with Crippen LogP contribution in [0, 0.1) is 17.2 Å². The summed E-state index contributed by atoms with van der Waals surface area (Å²) in [5.41, 5.74) is 2.41. The summed E-state index contributed by atoms with van der Waals surface area (Å²) in [6, 6.07) is 17.3. The Kier molecular flexibility index (Phi) is 4.55. The number of hydrogen-bond acceptors (Lipinski definition) is 4. The maximum absolute atomic E-state index is 13.9. The Balaban J connectivity index is 1.31. The maximum Gasteiger partial charge on any atom is 0.236 e. The van der Waals surface area contributed by atoms with E-state index < -0.39 is 5.41 Å². The van der Waals surface area contributed by atoms with Crippen molar-refractivity contribution in [2.45, 2.75) is 37.8 Å².